The maximum atomic E-state index is 13.8. The van der Waals surface area contributed by atoms with Crippen LogP contribution in [0.5, 0.6) is 0 Å². The summed E-state index contributed by atoms with van der Waals surface area (Å²) in [5, 5.41) is -0.0337. The first-order valence-corrected chi connectivity index (χ1v) is 10.7. The average Bonchev–Trinajstić information content (AvgIpc) is 2.71. The van der Waals surface area contributed by atoms with Gasteiger partial charge in [-0.2, -0.15) is 0 Å². The van der Waals surface area contributed by atoms with Gasteiger partial charge in [0, 0.05) is 17.5 Å². The van der Waals surface area contributed by atoms with Crippen LogP contribution in [0.3, 0.4) is 0 Å². The summed E-state index contributed by atoms with van der Waals surface area (Å²) in [4.78, 5) is 20.0. The van der Waals surface area contributed by atoms with Gasteiger partial charge in [0.2, 0.25) is 0 Å². The molecular weight excluding hydrogens is 431 g/mol. The minimum atomic E-state index is -4.14. The lowest BCUT2D eigenvalue weighted by Gasteiger charge is -2.13. The first-order chi connectivity index (χ1) is 14.1. The number of aromatic nitrogens is 2. The molecule has 0 spiro atoms. The number of sulfonamides is 1. The first kappa shape index (κ1) is 21.7. The zero-order chi connectivity index (χ0) is 22.1. The molecule has 0 saturated carbocycles. The van der Waals surface area contributed by atoms with Crippen LogP contribution in [0.25, 0.3) is 11.3 Å². The van der Waals surface area contributed by atoms with Crippen LogP contribution in [0.2, 0.25) is 5.02 Å². The molecule has 7 nitrogen and oxygen atoms in total. The van der Waals surface area contributed by atoms with E-state index < -0.39 is 15.8 Å². The molecule has 3 rings (SSSR count). The molecule has 0 aliphatic carbocycles. The number of carbonyl (C=O) groups is 1. The number of nitrogen functional groups attached to an aromatic ring is 1. The number of nitrogens with one attached hydrogen (secondary N) is 1. The number of hydrogen-bond acceptors (Lipinski definition) is 6. The number of Topliss-reactive ketones (excluding diaryl/α,β-unsaturated/α-hetero) is 1. The predicted molar refractivity (Wildman–Crippen MR) is 113 cm³/mol. The Bertz CT molecular complexity index is 1250. The molecule has 0 atom stereocenters. The largest absolute Gasteiger partial charge is 0.382 e. The van der Waals surface area contributed by atoms with Gasteiger partial charge in [-0.3, -0.25) is 9.52 Å². The van der Waals surface area contributed by atoms with Crippen LogP contribution in [0, 0.1) is 12.7 Å². The molecule has 3 N–H and O–H groups in total. The molecule has 0 bridgehead atoms. The molecule has 156 valence electrons. The fourth-order valence-corrected chi connectivity index (χ4v) is 4.35. The topological polar surface area (TPSA) is 115 Å². The molecule has 0 saturated heterocycles. The molecule has 0 aliphatic rings. The zero-order valence-electron chi connectivity index (χ0n) is 16.1. The van der Waals surface area contributed by atoms with E-state index >= 15 is 0 Å². The van der Waals surface area contributed by atoms with E-state index in [1.54, 1.807) is 13.0 Å². The Labute approximate surface area is 178 Å². The number of ketones is 1. The Kier molecular flexibility index (Phi) is 6.04. The molecule has 0 amide bonds. The molecule has 3 aromatic rings. The van der Waals surface area contributed by atoms with E-state index in [9.17, 15) is 17.6 Å². The van der Waals surface area contributed by atoms with Crippen molar-refractivity contribution in [2.75, 3.05) is 10.5 Å². The minimum Gasteiger partial charge on any atom is -0.382 e. The van der Waals surface area contributed by atoms with E-state index in [-0.39, 0.29) is 50.6 Å². The molecule has 30 heavy (non-hydrogen) atoms. The van der Waals surface area contributed by atoms with Gasteiger partial charge in [-0.25, -0.2) is 22.8 Å². The highest BCUT2D eigenvalue weighted by molar-refractivity contribution is 7.92. The van der Waals surface area contributed by atoms with Crippen LogP contribution in [0.4, 0.5) is 15.9 Å². The number of nitrogens with zero attached hydrogens (tertiary/aromatic N) is 2. The number of nitrogens with two attached hydrogens (primary N) is 1. The van der Waals surface area contributed by atoms with Crippen LogP contribution >= 0.6 is 11.6 Å². The van der Waals surface area contributed by atoms with E-state index in [0.717, 1.165) is 0 Å². The molecule has 0 aliphatic heterocycles. The maximum absolute atomic E-state index is 13.8. The number of anilines is 2. The Balaban J connectivity index is 2.05. The fourth-order valence-electron chi connectivity index (χ4n) is 2.70. The Morgan fingerprint density at radius 3 is 2.70 bits per heavy atom. The van der Waals surface area contributed by atoms with Gasteiger partial charge in [0.1, 0.15) is 16.4 Å². The summed E-state index contributed by atoms with van der Waals surface area (Å²) in [5.41, 5.74) is 6.62. The molecule has 1 heterocycles. The van der Waals surface area contributed by atoms with Crippen molar-refractivity contribution in [1.82, 2.24) is 9.97 Å². The number of carbonyl (C=O) groups excluding carboxylic acids is 1. The molecule has 2 aromatic carbocycles. The molecular formula is C20H18ClFN4O3S. The predicted octanol–water partition coefficient (Wildman–Crippen LogP) is 4.22. The SMILES string of the molecule is CCC(=O)c1nc(-c2ccc(Cl)c(S(=O)(=O)Nc3cccc(F)c3C)c2)cnc1N. The number of halogens is 2. The van der Waals surface area contributed by atoms with Gasteiger partial charge in [-0.15, -0.1) is 0 Å². The number of benzene rings is 2. The highest BCUT2D eigenvalue weighted by Crippen LogP contribution is 2.30. The van der Waals surface area contributed by atoms with Crippen LogP contribution in [0.15, 0.2) is 47.5 Å². The first-order valence-electron chi connectivity index (χ1n) is 8.87. The van der Waals surface area contributed by atoms with Crippen molar-refractivity contribution in [1.29, 1.82) is 0 Å². The second-order valence-electron chi connectivity index (χ2n) is 6.43. The van der Waals surface area contributed by atoms with Crippen molar-refractivity contribution in [2.24, 2.45) is 0 Å². The lowest BCUT2D eigenvalue weighted by atomic mass is 10.1. The Morgan fingerprint density at radius 1 is 1.27 bits per heavy atom. The summed E-state index contributed by atoms with van der Waals surface area (Å²) in [7, 11) is -4.14. The second-order valence-corrected chi connectivity index (χ2v) is 8.49. The van der Waals surface area contributed by atoms with Crippen molar-refractivity contribution >= 4 is 38.9 Å². The van der Waals surface area contributed by atoms with Gasteiger partial charge >= 0.3 is 0 Å². The maximum Gasteiger partial charge on any atom is 0.263 e. The normalized spacial score (nSPS) is 11.3. The van der Waals surface area contributed by atoms with Crippen LogP contribution in [-0.4, -0.2) is 24.2 Å². The van der Waals surface area contributed by atoms with Gasteiger partial charge in [0.15, 0.2) is 11.6 Å². The van der Waals surface area contributed by atoms with Crippen molar-refractivity contribution in [3.8, 4) is 11.3 Å². The number of hydrogen-bond donors (Lipinski definition) is 2. The highest BCUT2D eigenvalue weighted by Gasteiger charge is 2.21. The van der Waals surface area contributed by atoms with E-state index in [0.29, 0.717) is 5.56 Å². The Hall–Kier alpha value is -3.04. The molecule has 0 fully saturated rings. The number of rotatable bonds is 6. The average molecular weight is 449 g/mol. The molecule has 0 radical (unpaired) electrons. The molecule has 10 heteroatoms. The van der Waals surface area contributed by atoms with Crippen molar-refractivity contribution < 1.29 is 17.6 Å². The third-order valence-electron chi connectivity index (χ3n) is 4.41. The Morgan fingerprint density at radius 2 is 2.00 bits per heavy atom. The van der Waals surface area contributed by atoms with Crippen LogP contribution in [0.1, 0.15) is 29.4 Å². The molecule has 0 unspecified atom stereocenters. The van der Waals surface area contributed by atoms with E-state index in [1.165, 1.54) is 43.5 Å². The third-order valence-corrected chi connectivity index (χ3v) is 6.26. The smallest absolute Gasteiger partial charge is 0.263 e. The van der Waals surface area contributed by atoms with E-state index in [2.05, 4.69) is 14.7 Å². The van der Waals surface area contributed by atoms with Gasteiger partial charge in [-0.05, 0) is 31.2 Å². The van der Waals surface area contributed by atoms with E-state index in [4.69, 9.17) is 17.3 Å². The third kappa shape index (κ3) is 4.27. The van der Waals surface area contributed by atoms with E-state index in [1.807, 2.05) is 0 Å². The quantitative estimate of drug-likeness (QED) is 0.545. The monoisotopic (exact) mass is 448 g/mol. The van der Waals surface area contributed by atoms with Gasteiger partial charge < -0.3 is 5.73 Å². The fraction of sp³-hybridized carbons (Fsp3) is 0.150. The van der Waals surface area contributed by atoms with Crippen LogP contribution in [-0.2, 0) is 10.0 Å². The minimum absolute atomic E-state index is 0.00402. The van der Waals surface area contributed by atoms with Gasteiger partial charge in [0.05, 0.1) is 22.6 Å². The second kappa shape index (κ2) is 8.37. The van der Waals surface area contributed by atoms with Crippen molar-refractivity contribution in [2.45, 2.75) is 25.2 Å². The lowest BCUT2D eigenvalue weighted by molar-refractivity contribution is 0.0984. The zero-order valence-corrected chi connectivity index (χ0v) is 17.7. The summed E-state index contributed by atoms with van der Waals surface area (Å²) in [6.07, 6.45) is 1.53. The molecule has 1 aromatic heterocycles. The summed E-state index contributed by atoms with van der Waals surface area (Å²) in [5.74, 6) is -0.831. The lowest BCUT2D eigenvalue weighted by Crippen LogP contribution is -2.15. The highest BCUT2D eigenvalue weighted by atomic mass is 35.5. The summed E-state index contributed by atoms with van der Waals surface area (Å²) >= 11 is 6.13. The van der Waals surface area contributed by atoms with Crippen LogP contribution < -0.4 is 10.5 Å². The van der Waals surface area contributed by atoms with Gasteiger partial charge in [-0.1, -0.05) is 30.7 Å². The van der Waals surface area contributed by atoms with Gasteiger partial charge in [0.25, 0.3) is 10.0 Å². The summed E-state index contributed by atoms with van der Waals surface area (Å²) in [6, 6.07) is 8.32. The summed E-state index contributed by atoms with van der Waals surface area (Å²) < 4.78 is 42.0. The van der Waals surface area contributed by atoms with Crippen molar-refractivity contribution in [3.05, 3.63) is 64.7 Å². The standard InChI is InChI=1S/C20H18ClFN4O3S/c1-3-17(27)19-20(23)24-10-16(25-19)12-7-8-13(21)18(9-12)30(28,29)26-15-6-4-5-14(22)11(15)2/h4-10,26H,3H2,1-2H3,(H2,23,24). The summed E-state index contributed by atoms with van der Waals surface area (Å²) in [6.45, 7) is 3.13. The van der Waals surface area contributed by atoms with Crippen molar-refractivity contribution in [3.63, 3.8) is 0 Å².